The number of hydrogen-bond acceptors (Lipinski definition) is 7. The van der Waals surface area contributed by atoms with Crippen LogP contribution in [0.2, 0.25) is 0 Å². The summed E-state index contributed by atoms with van der Waals surface area (Å²) in [7, 11) is 0. The first-order chi connectivity index (χ1) is 17.4. The van der Waals surface area contributed by atoms with E-state index in [-0.39, 0.29) is 11.3 Å². The highest BCUT2D eigenvalue weighted by Crippen LogP contribution is 2.42. The van der Waals surface area contributed by atoms with Crippen LogP contribution in [-0.4, -0.2) is 79.2 Å². The Morgan fingerprint density at radius 1 is 0.972 bits per heavy atom. The van der Waals surface area contributed by atoms with E-state index < -0.39 is 17.7 Å². The Labute approximate surface area is 212 Å². The average Bonchev–Trinajstić information content (AvgIpc) is 3.14. The number of rotatable bonds is 9. The van der Waals surface area contributed by atoms with Crippen molar-refractivity contribution in [1.29, 1.82) is 0 Å². The normalized spacial score (nSPS) is 20.1. The van der Waals surface area contributed by atoms with Crippen molar-refractivity contribution in [2.45, 2.75) is 26.8 Å². The molecule has 1 atom stereocenters. The molecule has 0 radical (unpaired) electrons. The Bertz CT molecular complexity index is 1120. The molecule has 2 heterocycles. The van der Waals surface area contributed by atoms with Gasteiger partial charge in [-0.25, -0.2) is 0 Å². The fraction of sp³-hybridized carbons (Fsp3) is 0.429. The van der Waals surface area contributed by atoms with Gasteiger partial charge >= 0.3 is 0 Å². The molecule has 0 spiro atoms. The van der Waals surface area contributed by atoms with Crippen LogP contribution in [0.25, 0.3) is 5.76 Å². The lowest BCUT2D eigenvalue weighted by Crippen LogP contribution is -2.42. The highest BCUT2D eigenvalue weighted by atomic mass is 16.5. The summed E-state index contributed by atoms with van der Waals surface area (Å²) in [5.74, 6) is -0.363. The zero-order chi connectivity index (χ0) is 25.7. The summed E-state index contributed by atoms with van der Waals surface area (Å²) in [6.45, 7) is 10.4. The maximum Gasteiger partial charge on any atom is 0.295 e. The predicted octanol–water partition coefficient (Wildman–Crippen LogP) is 3.55. The number of likely N-dealkylation sites (tertiary alicyclic amines) is 1. The minimum absolute atomic E-state index is 0.0810. The van der Waals surface area contributed by atoms with E-state index >= 15 is 0 Å². The molecule has 2 aromatic rings. The van der Waals surface area contributed by atoms with E-state index in [2.05, 4.69) is 4.90 Å². The van der Waals surface area contributed by atoms with Gasteiger partial charge < -0.3 is 24.2 Å². The van der Waals surface area contributed by atoms with Crippen molar-refractivity contribution in [3.8, 4) is 11.5 Å². The van der Waals surface area contributed by atoms with Gasteiger partial charge in [-0.15, -0.1) is 0 Å². The Hall–Kier alpha value is -3.36. The summed E-state index contributed by atoms with van der Waals surface area (Å²) in [5, 5.41) is 11.3. The van der Waals surface area contributed by atoms with Gasteiger partial charge in [0.05, 0.1) is 38.0 Å². The molecule has 192 valence electrons. The summed E-state index contributed by atoms with van der Waals surface area (Å²) in [4.78, 5) is 30.4. The predicted molar refractivity (Wildman–Crippen MR) is 136 cm³/mol. The molecule has 0 unspecified atom stereocenters. The second-order valence-corrected chi connectivity index (χ2v) is 8.88. The quantitative estimate of drug-likeness (QED) is 0.324. The second kappa shape index (κ2) is 11.6. The van der Waals surface area contributed by atoms with E-state index in [9.17, 15) is 14.7 Å². The highest BCUT2D eigenvalue weighted by molar-refractivity contribution is 6.46. The fourth-order valence-electron chi connectivity index (χ4n) is 4.64. The van der Waals surface area contributed by atoms with Crippen LogP contribution in [0.5, 0.6) is 11.5 Å². The van der Waals surface area contributed by atoms with Crippen molar-refractivity contribution in [1.82, 2.24) is 9.80 Å². The third-order valence-electron chi connectivity index (χ3n) is 6.51. The molecule has 2 aliphatic heterocycles. The van der Waals surface area contributed by atoms with E-state index in [1.807, 2.05) is 39.0 Å². The van der Waals surface area contributed by atoms with E-state index in [0.29, 0.717) is 62.1 Å². The number of nitrogens with zero attached hydrogens (tertiary/aromatic N) is 2. The minimum Gasteiger partial charge on any atom is -0.507 e. The molecule has 2 aliphatic rings. The van der Waals surface area contributed by atoms with Crippen LogP contribution in [0, 0.1) is 6.92 Å². The van der Waals surface area contributed by atoms with E-state index in [1.54, 1.807) is 29.2 Å². The average molecular weight is 495 g/mol. The second-order valence-electron chi connectivity index (χ2n) is 8.88. The monoisotopic (exact) mass is 494 g/mol. The lowest BCUT2D eigenvalue weighted by molar-refractivity contribution is -0.140. The lowest BCUT2D eigenvalue weighted by Gasteiger charge is -2.31. The molecule has 2 fully saturated rings. The van der Waals surface area contributed by atoms with E-state index in [1.165, 1.54) is 0 Å². The van der Waals surface area contributed by atoms with Crippen LogP contribution in [0.3, 0.4) is 0 Å². The van der Waals surface area contributed by atoms with Gasteiger partial charge in [-0.05, 0) is 38.5 Å². The fourth-order valence-corrected chi connectivity index (χ4v) is 4.64. The number of carbonyl (C=O) groups excluding carboxylic acids is 2. The Kier molecular flexibility index (Phi) is 8.28. The number of aryl methyl sites for hydroxylation is 1. The number of Topliss-reactive ketones (excluding diaryl/α,β-unsaturated/α-hetero) is 1. The van der Waals surface area contributed by atoms with Gasteiger partial charge in [-0.1, -0.05) is 35.9 Å². The lowest BCUT2D eigenvalue weighted by atomic mass is 9.94. The summed E-state index contributed by atoms with van der Waals surface area (Å²) in [6.07, 6.45) is 0. The van der Waals surface area contributed by atoms with Gasteiger partial charge in [0, 0.05) is 31.7 Å². The number of ketones is 1. The minimum atomic E-state index is -0.748. The van der Waals surface area contributed by atoms with Crippen molar-refractivity contribution in [3.63, 3.8) is 0 Å². The number of morpholine rings is 1. The molecule has 0 bridgehead atoms. The first-order valence-corrected chi connectivity index (χ1v) is 12.5. The zero-order valence-corrected chi connectivity index (χ0v) is 21.2. The number of ether oxygens (including phenoxy) is 3. The number of carbonyl (C=O) groups is 2. The van der Waals surface area contributed by atoms with Crippen LogP contribution in [0.4, 0.5) is 0 Å². The SMILES string of the molecule is CCOc1ccc([C@H]2C(=C(O)c3ccc(C)cc3)C(=O)C(=O)N2CCN2CCOCC2)cc1OCC. The summed E-state index contributed by atoms with van der Waals surface area (Å²) >= 11 is 0. The summed E-state index contributed by atoms with van der Waals surface area (Å²) in [6, 6.07) is 11.9. The van der Waals surface area contributed by atoms with Crippen LogP contribution in [0.1, 0.15) is 36.6 Å². The number of aliphatic hydroxyl groups excluding tert-OH is 1. The van der Waals surface area contributed by atoms with Crippen LogP contribution in [-0.2, 0) is 14.3 Å². The van der Waals surface area contributed by atoms with Gasteiger partial charge in [0.2, 0.25) is 0 Å². The number of aliphatic hydroxyl groups is 1. The molecule has 1 amide bonds. The van der Waals surface area contributed by atoms with Crippen molar-refractivity contribution >= 4 is 17.4 Å². The molecule has 4 rings (SSSR count). The molecule has 1 N–H and O–H groups in total. The van der Waals surface area contributed by atoms with Gasteiger partial charge in [0.1, 0.15) is 5.76 Å². The molecule has 8 nitrogen and oxygen atoms in total. The largest absolute Gasteiger partial charge is 0.507 e. The third kappa shape index (κ3) is 5.39. The number of amides is 1. The first-order valence-electron chi connectivity index (χ1n) is 12.5. The maximum absolute atomic E-state index is 13.3. The van der Waals surface area contributed by atoms with E-state index in [4.69, 9.17) is 14.2 Å². The summed E-state index contributed by atoms with van der Waals surface area (Å²) in [5.41, 5.74) is 2.28. The van der Waals surface area contributed by atoms with Crippen LogP contribution < -0.4 is 9.47 Å². The topological polar surface area (TPSA) is 88.5 Å². The van der Waals surface area contributed by atoms with Crippen molar-refractivity contribution in [2.24, 2.45) is 0 Å². The molecule has 0 aliphatic carbocycles. The zero-order valence-electron chi connectivity index (χ0n) is 21.2. The van der Waals surface area contributed by atoms with Gasteiger partial charge in [-0.2, -0.15) is 0 Å². The molecular formula is C28H34N2O6. The molecule has 8 heteroatoms. The molecule has 36 heavy (non-hydrogen) atoms. The van der Waals surface area contributed by atoms with Crippen molar-refractivity contribution in [3.05, 3.63) is 64.7 Å². The first kappa shape index (κ1) is 25.7. The van der Waals surface area contributed by atoms with Gasteiger partial charge in [-0.3, -0.25) is 14.5 Å². The standard InChI is InChI=1S/C28H34N2O6/c1-4-35-22-11-10-21(18-23(22)36-5-2)25-24(26(31)20-8-6-19(3)7-9-20)27(32)28(33)30(25)13-12-29-14-16-34-17-15-29/h6-11,18,25,31H,4-5,12-17H2,1-3H3/t25-/m0/s1. The number of hydrogen-bond donors (Lipinski definition) is 1. The van der Waals surface area contributed by atoms with Crippen molar-refractivity contribution < 1.29 is 28.9 Å². The molecular weight excluding hydrogens is 460 g/mol. The Balaban J connectivity index is 1.77. The van der Waals surface area contributed by atoms with Gasteiger partial charge in [0.15, 0.2) is 11.5 Å². The smallest absolute Gasteiger partial charge is 0.295 e. The van der Waals surface area contributed by atoms with Crippen LogP contribution >= 0.6 is 0 Å². The molecule has 2 aromatic carbocycles. The maximum atomic E-state index is 13.3. The molecule has 0 saturated carbocycles. The molecule has 2 saturated heterocycles. The van der Waals surface area contributed by atoms with E-state index in [0.717, 1.165) is 18.7 Å². The molecule has 0 aromatic heterocycles. The van der Waals surface area contributed by atoms with Gasteiger partial charge in [0.25, 0.3) is 11.7 Å². The number of benzene rings is 2. The Morgan fingerprint density at radius 2 is 1.64 bits per heavy atom. The third-order valence-corrected chi connectivity index (χ3v) is 6.51. The highest BCUT2D eigenvalue weighted by Gasteiger charge is 2.46. The van der Waals surface area contributed by atoms with Crippen molar-refractivity contribution in [2.75, 3.05) is 52.6 Å². The summed E-state index contributed by atoms with van der Waals surface area (Å²) < 4.78 is 16.9. The Morgan fingerprint density at radius 3 is 2.31 bits per heavy atom. The van der Waals surface area contributed by atoms with Crippen LogP contribution in [0.15, 0.2) is 48.0 Å².